The van der Waals surface area contributed by atoms with E-state index in [-0.39, 0.29) is 16.5 Å². The highest BCUT2D eigenvalue weighted by Crippen LogP contribution is 2.30. The molecule has 3 rings (SSSR count). The lowest BCUT2D eigenvalue weighted by Crippen LogP contribution is -2.27. The Labute approximate surface area is 154 Å². The summed E-state index contributed by atoms with van der Waals surface area (Å²) in [6.45, 7) is 1.38. The number of benzene rings is 2. The SMILES string of the molecule is O=C(c1ccc(S(=O)(=O)Nc2ccc(C(F)(F)F)cc2)cc1)N1CCCC1. The van der Waals surface area contributed by atoms with Gasteiger partial charge in [0.15, 0.2) is 0 Å². The Morgan fingerprint density at radius 2 is 1.48 bits per heavy atom. The van der Waals surface area contributed by atoms with Gasteiger partial charge in [-0.25, -0.2) is 8.42 Å². The van der Waals surface area contributed by atoms with Crippen LogP contribution in [-0.4, -0.2) is 32.3 Å². The standard InChI is InChI=1S/C18H17F3N2O3S/c19-18(20,21)14-5-7-15(8-6-14)22-27(25,26)16-9-3-13(4-10-16)17(24)23-11-1-2-12-23/h3-10,22H,1-2,11-12H2. The van der Waals surface area contributed by atoms with Crippen LogP contribution in [0.3, 0.4) is 0 Å². The number of amides is 1. The van der Waals surface area contributed by atoms with E-state index >= 15 is 0 Å². The second-order valence-electron chi connectivity index (χ2n) is 6.20. The number of likely N-dealkylation sites (tertiary alicyclic amines) is 1. The maximum atomic E-state index is 12.6. The molecule has 0 aliphatic carbocycles. The normalized spacial score (nSPS) is 15.0. The van der Waals surface area contributed by atoms with Gasteiger partial charge in [-0.3, -0.25) is 9.52 Å². The molecule has 0 radical (unpaired) electrons. The zero-order valence-corrected chi connectivity index (χ0v) is 15.0. The van der Waals surface area contributed by atoms with Crippen molar-refractivity contribution in [2.75, 3.05) is 17.8 Å². The van der Waals surface area contributed by atoms with Gasteiger partial charge in [0.2, 0.25) is 0 Å². The van der Waals surface area contributed by atoms with Crippen molar-refractivity contribution in [1.82, 2.24) is 4.90 Å². The third-order valence-electron chi connectivity index (χ3n) is 4.27. The van der Waals surface area contributed by atoms with Crippen LogP contribution >= 0.6 is 0 Å². The number of sulfonamides is 1. The molecule has 9 heteroatoms. The Hall–Kier alpha value is -2.55. The number of carbonyl (C=O) groups excluding carboxylic acids is 1. The molecule has 1 N–H and O–H groups in total. The number of hydrogen-bond acceptors (Lipinski definition) is 3. The highest BCUT2D eigenvalue weighted by molar-refractivity contribution is 7.92. The molecule has 1 fully saturated rings. The summed E-state index contributed by atoms with van der Waals surface area (Å²) in [5.74, 6) is -0.146. The lowest BCUT2D eigenvalue weighted by molar-refractivity contribution is -0.137. The number of anilines is 1. The second-order valence-corrected chi connectivity index (χ2v) is 7.89. The molecular formula is C18H17F3N2O3S. The molecule has 0 bridgehead atoms. The Morgan fingerprint density at radius 1 is 0.926 bits per heavy atom. The van der Waals surface area contributed by atoms with E-state index in [0.29, 0.717) is 18.7 Å². The predicted octanol–water partition coefficient (Wildman–Crippen LogP) is 3.74. The quantitative estimate of drug-likeness (QED) is 0.853. The van der Waals surface area contributed by atoms with E-state index in [2.05, 4.69) is 4.72 Å². The molecule has 0 spiro atoms. The first-order valence-corrected chi connectivity index (χ1v) is 9.74. The average molecular weight is 398 g/mol. The van der Waals surface area contributed by atoms with Crippen LogP contribution in [0.5, 0.6) is 0 Å². The zero-order chi connectivity index (χ0) is 19.7. The van der Waals surface area contributed by atoms with Crippen LogP contribution in [0.4, 0.5) is 18.9 Å². The first kappa shape index (κ1) is 19.2. The van der Waals surface area contributed by atoms with E-state index < -0.39 is 21.8 Å². The summed E-state index contributed by atoms with van der Waals surface area (Å²) in [6, 6.07) is 9.16. The van der Waals surface area contributed by atoms with Crippen LogP contribution in [0, 0.1) is 0 Å². The highest BCUT2D eigenvalue weighted by Gasteiger charge is 2.30. The maximum absolute atomic E-state index is 12.6. The smallest absolute Gasteiger partial charge is 0.339 e. The number of halogens is 3. The Balaban J connectivity index is 1.74. The molecule has 2 aromatic rings. The minimum Gasteiger partial charge on any atom is -0.339 e. The number of hydrogen-bond donors (Lipinski definition) is 1. The van der Waals surface area contributed by atoms with Gasteiger partial charge in [0, 0.05) is 24.3 Å². The Morgan fingerprint density at radius 3 is 2.00 bits per heavy atom. The van der Waals surface area contributed by atoms with Gasteiger partial charge >= 0.3 is 6.18 Å². The third kappa shape index (κ3) is 4.41. The molecule has 144 valence electrons. The van der Waals surface area contributed by atoms with Crippen LogP contribution in [0.1, 0.15) is 28.8 Å². The van der Waals surface area contributed by atoms with Gasteiger partial charge in [-0.2, -0.15) is 13.2 Å². The molecule has 27 heavy (non-hydrogen) atoms. The van der Waals surface area contributed by atoms with Gasteiger partial charge in [-0.05, 0) is 61.4 Å². The van der Waals surface area contributed by atoms with E-state index in [9.17, 15) is 26.4 Å². The summed E-state index contributed by atoms with van der Waals surface area (Å²) < 4.78 is 64.7. The fourth-order valence-electron chi connectivity index (χ4n) is 2.82. The van der Waals surface area contributed by atoms with Gasteiger partial charge in [-0.15, -0.1) is 0 Å². The molecule has 0 aromatic heterocycles. The van der Waals surface area contributed by atoms with Crippen molar-refractivity contribution >= 4 is 21.6 Å². The minimum absolute atomic E-state index is 0.0141. The lowest BCUT2D eigenvalue weighted by atomic mass is 10.2. The molecule has 1 amide bonds. The predicted molar refractivity (Wildman–Crippen MR) is 93.8 cm³/mol. The number of carbonyl (C=O) groups is 1. The summed E-state index contributed by atoms with van der Waals surface area (Å²) >= 11 is 0. The first-order valence-electron chi connectivity index (χ1n) is 8.26. The van der Waals surface area contributed by atoms with Gasteiger partial charge in [-0.1, -0.05) is 0 Å². The zero-order valence-electron chi connectivity index (χ0n) is 14.2. The summed E-state index contributed by atoms with van der Waals surface area (Å²) in [5, 5.41) is 0. The van der Waals surface area contributed by atoms with Gasteiger partial charge < -0.3 is 4.90 Å². The van der Waals surface area contributed by atoms with Crippen molar-refractivity contribution in [1.29, 1.82) is 0 Å². The number of nitrogens with one attached hydrogen (secondary N) is 1. The molecule has 1 aliphatic heterocycles. The van der Waals surface area contributed by atoms with Crippen molar-refractivity contribution in [2.45, 2.75) is 23.9 Å². The Bertz CT molecular complexity index is 918. The van der Waals surface area contributed by atoms with Gasteiger partial charge in [0.05, 0.1) is 10.5 Å². The molecule has 0 saturated carbocycles. The van der Waals surface area contributed by atoms with E-state index in [1.54, 1.807) is 4.90 Å². The monoisotopic (exact) mass is 398 g/mol. The molecule has 1 saturated heterocycles. The molecular weight excluding hydrogens is 381 g/mol. The molecule has 0 unspecified atom stereocenters. The molecule has 0 atom stereocenters. The maximum Gasteiger partial charge on any atom is 0.416 e. The number of rotatable bonds is 4. The van der Waals surface area contributed by atoms with Crippen LogP contribution in [-0.2, 0) is 16.2 Å². The number of nitrogens with zero attached hydrogens (tertiary/aromatic N) is 1. The fourth-order valence-corrected chi connectivity index (χ4v) is 3.88. The molecule has 1 heterocycles. The summed E-state index contributed by atoms with van der Waals surface area (Å²) in [7, 11) is -3.98. The fraction of sp³-hybridized carbons (Fsp3) is 0.278. The molecule has 1 aliphatic rings. The average Bonchev–Trinajstić information content (AvgIpc) is 3.15. The van der Waals surface area contributed by atoms with E-state index in [1.807, 2.05) is 0 Å². The Kier molecular flexibility index (Phi) is 5.14. The third-order valence-corrected chi connectivity index (χ3v) is 5.67. The van der Waals surface area contributed by atoms with Crippen LogP contribution in [0.2, 0.25) is 0 Å². The second kappa shape index (κ2) is 7.22. The van der Waals surface area contributed by atoms with E-state index in [4.69, 9.17) is 0 Å². The van der Waals surface area contributed by atoms with E-state index in [0.717, 1.165) is 37.1 Å². The molecule has 2 aromatic carbocycles. The topological polar surface area (TPSA) is 66.5 Å². The molecule has 5 nitrogen and oxygen atoms in total. The van der Waals surface area contributed by atoms with Crippen LogP contribution < -0.4 is 4.72 Å². The summed E-state index contributed by atoms with van der Waals surface area (Å²) in [6.07, 6.45) is -2.58. The largest absolute Gasteiger partial charge is 0.416 e. The number of alkyl halides is 3. The van der Waals surface area contributed by atoms with Crippen LogP contribution in [0.15, 0.2) is 53.4 Å². The van der Waals surface area contributed by atoms with Gasteiger partial charge in [0.25, 0.3) is 15.9 Å². The summed E-state index contributed by atoms with van der Waals surface area (Å²) in [5.41, 5.74) is -0.458. The van der Waals surface area contributed by atoms with Gasteiger partial charge in [0.1, 0.15) is 0 Å². The van der Waals surface area contributed by atoms with Crippen molar-refractivity contribution in [3.8, 4) is 0 Å². The van der Waals surface area contributed by atoms with Crippen molar-refractivity contribution < 1.29 is 26.4 Å². The van der Waals surface area contributed by atoms with Crippen molar-refractivity contribution in [2.24, 2.45) is 0 Å². The minimum atomic E-state index is -4.49. The first-order chi connectivity index (χ1) is 12.7. The van der Waals surface area contributed by atoms with Crippen LogP contribution in [0.25, 0.3) is 0 Å². The highest BCUT2D eigenvalue weighted by atomic mass is 32.2. The van der Waals surface area contributed by atoms with Crippen molar-refractivity contribution in [3.05, 3.63) is 59.7 Å². The lowest BCUT2D eigenvalue weighted by Gasteiger charge is -2.15. The van der Waals surface area contributed by atoms with Crippen molar-refractivity contribution in [3.63, 3.8) is 0 Å². The summed E-state index contributed by atoms with van der Waals surface area (Å²) in [4.78, 5) is 13.9. The van der Waals surface area contributed by atoms with E-state index in [1.165, 1.54) is 24.3 Å².